The van der Waals surface area contributed by atoms with Crippen molar-refractivity contribution < 1.29 is 9.90 Å². The molecule has 1 amide bonds. The van der Waals surface area contributed by atoms with Crippen LogP contribution in [0.3, 0.4) is 0 Å². The summed E-state index contributed by atoms with van der Waals surface area (Å²) in [5, 5.41) is 11.8. The van der Waals surface area contributed by atoms with Crippen molar-refractivity contribution in [1.29, 1.82) is 0 Å². The minimum atomic E-state index is 0.0803. The molecule has 19 heavy (non-hydrogen) atoms. The number of hydrogen-bond donors (Lipinski definition) is 2. The van der Waals surface area contributed by atoms with Crippen LogP contribution in [0.5, 0.6) is 0 Å². The summed E-state index contributed by atoms with van der Waals surface area (Å²) >= 11 is 0. The Bertz CT molecular complexity index is 446. The predicted octanol–water partition coefficient (Wildman–Crippen LogP) is 2.02. The standard InChI is InChI=1S/C15H20N2O2/c1-17(10-11-18)14-8-6-13(7-9-14)16-15(19)12-4-2-3-5-12/h2-3,6-9,12,18H,4-5,10-11H2,1H3,(H,16,19). The van der Waals surface area contributed by atoms with Gasteiger partial charge in [-0.1, -0.05) is 12.2 Å². The fourth-order valence-corrected chi connectivity index (χ4v) is 2.15. The van der Waals surface area contributed by atoms with Gasteiger partial charge in [0.05, 0.1) is 6.61 Å². The maximum Gasteiger partial charge on any atom is 0.228 e. The second kappa shape index (κ2) is 6.38. The number of allylic oxidation sites excluding steroid dienone is 2. The molecule has 2 N–H and O–H groups in total. The lowest BCUT2D eigenvalue weighted by molar-refractivity contribution is -0.119. The molecule has 1 aliphatic rings. The molecule has 0 bridgehead atoms. The van der Waals surface area contributed by atoms with Crippen molar-refractivity contribution in [2.45, 2.75) is 12.8 Å². The molecule has 0 aliphatic heterocycles. The van der Waals surface area contributed by atoms with Crippen LogP contribution in [-0.2, 0) is 4.79 Å². The molecule has 0 saturated heterocycles. The van der Waals surface area contributed by atoms with Crippen molar-refractivity contribution >= 4 is 17.3 Å². The summed E-state index contributed by atoms with van der Waals surface area (Å²) < 4.78 is 0. The van der Waals surface area contributed by atoms with Gasteiger partial charge in [0.2, 0.25) is 5.91 Å². The molecule has 0 aromatic heterocycles. The SMILES string of the molecule is CN(CCO)c1ccc(NC(=O)C2CC=CC2)cc1. The molecule has 0 fully saturated rings. The fourth-order valence-electron chi connectivity index (χ4n) is 2.15. The number of benzene rings is 1. The summed E-state index contributed by atoms with van der Waals surface area (Å²) in [7, 11) is 1.92. The lowest BCUT2D eigenvalue weighted by Gasteiger charge is -2.18. The Morgan fingerprint density at radius 3 is 2.53 bits per heavy atom. The first-order valence-electron chi connectivity index (χ1n) is 6.58. The minimum Gasteiger partial charge on any atom is -0.395 e. The van der Waals surface area contributed by atoms with Crippen molar-refractivity contribution in [3.05, 3.63) is 36.4 Å². The quantitative estimate of drug-likeness (QED) is 0.796. The summed E-state index contributed by atoms with van der Waals surface area (Å²) in [4.78, 5) is 13.9. The summed E-state index contributed by atoms with van der Waals surface area (Å²) in [5.74, 6) is 0.165. The zero-order valence-corrected chi connectivity index (χ0v) is 11.2. The average Bonchev–Trinajstić information content (AvgIpc) is 2.94. The highest BCUT2D eigenvalue weighted by atomic mass is 16.3. The van der Waals surface area contributed by atoms with Crippen LogP contribution in [-0.4, -0.2) is 31.2 Å². The van der Waals surface area contributed by atoms with Crippen LogP contribution in [0.4, 0.5) is 11.4 Å². The van der Waals surface area contributed by atoms with Gasteiger partial charge < -0.3 is 15.3 Å². The maximum absolute atomic E-state index is 11.9. The number of aliphatic hydroxyl groups is 1. The Kier molecular flexibility index (Phi) is 4.58. The molecule has 1 aromatic carbocycles. The van der Waals surface area contributed by atoms with Gasteiger partial charge in [-0.25, -0.2) is 0 Å². The molecule has 0 heterocycles. The molecule has 0 spiro atoms. The molecule has 2 rings (SSSR count). The van der Waals surface area contributed by atoms with Crippen molar-refractivity contribution in [3.8, 4) is 0 Å². The van der Waals surface area contributed by atoms with Gasteiger partial charge in [0.15, 0.2) is 0 Å². The summed E-state index contributed by atoms with van der Waals surface area (Å²) in [5.41, 5.74) is 1.84. The molecule has 4 nitrogen and oxygen atoms in total. The van der Waals surface area contributed by atoms with Crippen molar-refractivity contribution in [2.24, 2.45) is 5.92 Å². The number of likely N-dealkylation sites (N-methyl/N-ethyl adjacent to an activating group) is 1. The fraction of sp³-hybridized carbons (Fsp3) is 0.400. The molecule has 4 heteroatoms. The minimum absolute atomic E-state index is 0.0803. The van der Waals surface area contributed by atoms with E-state index in [1.165, 1.54) is 0 Å². The number of nitrogens with one attached hydrogen (secondary N) is 1. The zero-order chi connectivity index (χ0) is 13.7. The Morgan fingerprint density at radius 1 is 1.32 bits per heavy atom. The Hall–Kier alpha value is -1.81. The largest absolute Gasteiger partial charge is 0.395 e. The smallest absolute Gasteiger partial charge is 0.228 e. The van der Waals surface area contributed by atoms with E-state index in [1.807, 2.05) is 36.2 Å². The first-order valence-corrected chi connectivity index (χ1v) is 6.58. The van der Waals surface area contributed by atoms with Gasteiger partial charge in [-0.3, -0.25) is 4.79 Å². The van der Waals surface area contributed by atoms with Crippen LogP contribution in [0.2, 0.25) is 0 Å². The van der Waals surface area contributed by atoms with Gasteiger partial charge in [0.1, 0.15) is 0 Å². The monoisotopic (exact) mass is 260 g/mol. The van der Waals surface area contributed by atoms with Crippen molar-refractivity contribution in [1.82, 2.24) is 0 Å². The third kappa shape index (κ3) is 3.58. The number of amides is 1. The van der Waals surface area contributed by atoms with Crippen LogP contribution in [0, 0.1) is 5.92 Å². The van der Waals surface area contributed by atoms with Crippen LogP contribution < -0.4 is 10.2 Å². The van der Waals surface area contributed by atoms with E-state index in [9.17, 15) is 4.79 Å². The topological polar surface area (TPSA) is 52.6 Å². The molecule has 1 aliphatic carbocycles. The maximum atomic E-state index is 11.9. The number of rotatable bonds is 5. The normalized spacial score (nSPS) is 14.6. The Morgan fingerprint density at radius 2 is 1.95 bits per heavy atom. The van der Waals surface area contributed by atoms with E-state index in [0.717, 1.165) is 24.2 Å². The van der Waals surface area contributed by atoms with Crippen molar-refractivity contribution in [3.63, 3.8) is 0 Å². The second-order valence-electron chi connectivity index (χ2n) is 4.82. The van der Waals surface area contributed by atoms with Gasteiger partial charge in [-0.05, 0) is 37.1 Å². The predicted molar refractivity (Wildman–Crippen MR) is 77.3 cm³/mol. The van der Waals surface area contributed by atoms with Gasteiger partial charge in [0.25, 0.3) is 0 Å². The number of carbonyl (C=O) groups is 1. The number of aliphatic hydroxyl groups excluding tert-OH is 1. The third-order valence-corrected chi connectivity index (χ3v) is 3.39. The number of anilines is 2. The van der Waals surface area contributed by atoms with E-state index in [2.05, 4.69) is 17.5 Å². The Labute approximate surface area is 113 Å². The van der Waals surface area contributed by atoms with Gasteiger partial charge in [-0.15, -0.1) is 0 Å². The number of hydrogen-bond acceptors (Lipinski definition) is 3. The highest BCUT2D eigenvalue weighted by Gasteiger charge is 2.18. The van der Waals surface area contributed by atoms with E-state index in [4.69, 9.17) is 5.11 Å². The van der Waals surface area contributed by atoms with Crippen LogP contribution in [0.25, 0.3) is 0 Å². The second-order valence-corrected chi connectivity index (χ2v) is 4.82. The molecular formula is C15H20N2O2. The molecule has 102 valence electrons. The van der Waals surface area contributed by atoms with Gasteiger partial charge in [0, 0.05) is 30.9 Å². The summed E-state index contributed by atoms with van der Waals surface area (Å²) in [6.45, 7) is 0.725. The van der Waals surface area contributed by atoms with E-state index in [0.29, 0.717) is 6.54 Å². The number of nitrogens with zero attached hydrogens (tertiary/aromatic N) is 1. The van der Waals surface area contributed by atoms with E-state index >= 15 is 0 Å². The van der Waals surface area contributed by atoms with E-state index < -0.39 is 0 Å². The van der Waals surface area contributed by atoms with Crippen molar-refractivity contribution in [2.75, 3.05) is 30.4 Å². The zero-order valence-electron chi connectivity index (χ0n) is 11.2. The molecule has 0 saturated carbocycles. The summed E-state index contributed by atoms with van der Waals surface area (Å²) in [6.07, 6.45) is 5.78. The molecule has 0 unspecified atom stereocenters. The Balaban J connectivity index is 1.93. The lowest BCUT2D eigenvalue weighted by Crippen LogP contribution is -2.22. The summed E-state index contributed by atoms with van der Waals surface area (Å²) in [6, 6.07) is 7.67. The van der Waals surface area contributed by atoms with Gasteiger partial charge in [-0.2, -0.15) is 0 Å². The van der Waals surface area contributed by atoms with E-state index in [-0.39, 0.29) is 18.4 Å². The van der Waals surface area contributed by atoms with Gasteiger partial charge >= 0.3 is 0 Å². The first kappa shape index (κ1) is 13.6. The lowest BCUT2D eigenvalue weighted by atomic mass is 10.1. The highest BCUT2D eigenvalue weighted by molar-refractivity contribution is 5.93. The highest BCUT2D eigenvalue weighted by Crippen LogP contribution is 2.21. The van der Waals surface area contributed by atoms with Crippen LogP contribution >= 0.6 is 0 Å². The third-order valence-electron chi connectivity index (χ3n) is 3.39. The van der Waals surface area contributed by atoms with Crippen LogP contribution in [0.1, 0.15) is 12.8 Å². The molecule has 0 radical (unpaired) electrons. The van der Waals surface area contributed by atoms with Crippen LogP contribution in [0.15, 0.2) is 36.4 Å². The molecular weight excluding hydrogens is 240 g/mol. The first-order chi connectivity index (χ1) is 9.20. The molecule has 1 aromatic rings. The molecule has 0 atom stereocenters. The van der Waals surface area contributed by atoms with E-state index in [1.54, 1.807) is 0 Å². The number of carbonyl (C=O) groups excluding carboxylic acids is 1. The average molecular weight is 260 g/mol.